The lowest BCUT2D eigenvalue weighted by Crippen LogP contribution is -1.75. The summed E-state index contributed by atoms with van der Waals surface area (Å²) in [6.07, 6.45) is 11.2. The number of hydrogen-bond acceptors (Lipinski definition) is 2. The Kier molecular flexibility index (Phi) is 9.31. The molecule has 0 atom stereocenters. The average Bonchev–Trinajstić information content (AvgIpc) is 2.10. The van der Waals surface area contributed by atoms with Gasteiger partial charge >= 0.3 is 0 Å². The highest BCUT2D eigenvalue weighted by Gasteiger charge is 1.83. The van der Waals surface area contributed by atoms with Gasteiger partial charge in [-0.3, -0.25) is 0 Å². The quantitative estimate of drug-likeness (QED) is 0.316. The molecule has 0 amide bonds. The van der Waals surface area contributed by atoms with E-state index in [2.05, 4.69) is 12.2 Å². The summed E-state index contributed by atoms with van der Waals surface area (Å²) in [7, 11) is 0. The maximum Gasteiger partial charge on any atom is 0.120 e. The van der Waals surface area contributed by atoms with Crippen molar-refractivity contribution in [1.82, 2.24) is 0 Å². The van der Waals surface area contributed by atoms with Crippen LogP contribution < -0.4 is 0 Å². The highest BCUT2D eigenvalue weighted by atomic mass is 16.1. The van der Waals surface area contributed by atoms with Crippen LogP contribution in [0, 0.1) is 0 Å². The van der Waals surface area contributed by atoms with E-state index in [1.54, 1.807) is 0 Å². The molecular formula is C10H16O2. The normalized spacial score (nSPS) is 10.3. The number of unbranched alkanes of at least 4 members (excludes halogenated alkanes) is 4. The fourth-order valence-corrected chi connectivity index (χ4v) is 0.874. The summed E-state index contributed by atoms with van der Waals surface area (Å²) >= 11 is 0. The lowest BCUT2D eigenvalue weighted by atomic mass is 10.2. The molecule has 0 aromatic carbocycles. The van der Waals surface area contributed by atoms with Gasteiger partial charge in [-0.05, 0) is 25.7 Å². The minimum absolute atomic E-state index is 0.651. The molecule has 0 aromatic heterocycles. The number of carbonyl (C=O) groups is 2. The number of allylic oxidation sites excluding steroid dienone is 2. The van der Waals surface area contributed by atoms with Crippen LogP contribution in [0.2, 0.25) is 0 Å². The fourth-order valence-electron chi connectivity index (χ4n) is 0.874. The predicted octanol–water partition coefficient (Wildman–Crippen LogP) is 2.28. The first-order chi connectivity index (χ1) is 5.91. The summed E-state index contributed by atoms with van der Waals surface area (Å²) in [6, 6.07) is 0. The molecule has 12 heavy (non-hydrogen) atoms. The van der Waals surface area contributed by atoms with E-state index in [9.17, 15) is 9.59 Å². The Balaban J connectivity index is 3.02. The van der Waals surface area contributed by atoms with Crippen LogP contribution in [0.5, 0.6) is 0 Å². The lowest BCUT2D eigenvalue weighted by molar-refractivity contribution is -0.108. The highest BCUT2D eigenvalue weighted by Crippen LogP contribution is 1.98. The summed E-state index contributed by atoms with van der Waals surface area (Å²) in [6.45, 7) is 0. The first-order valence-corrected chi connectivity index (χ1v) is 4.44. The fraction of sp³-hybridized carbons (Fsp3) is 0.600. The van der Waals surface area contributed by atoms with Gasteiger partial charge < -0.3 is 9.59 Å². The standard InChI is InChI=1S/C10H16O2/c11-9-7-5-3-1-2-4-6-8-10-12/h1-2,9-10H,3-8H2/b2-1-. The van der Waals surface area contributed by atoms with Crippen LogP contribution in [0.3, 0.4) is 0 Å². The molecule has 0 aliphatic carbocycles. The monoisotopic (exact) mass is 168 g/mol. The summed E-state index contributed by atoms with van der Waals surface area (Å²) in [5, 5.41) is 0. The molecule has 0 saturated carbocycles. The summed E-state index contributed by atoms with van der Waals surface area (Å²) < 4.78 is 0. The molecule has 0 spiro atoms. The predicted molar refractivity (Wildman–Crippen MR) is 49.0 cm³/mol. The van der Waals surface area contributed by atoms with E-state index in [0.29, 0.717) is 12.8 Å². The minimum Gasteiger partial charge on any atom is -0.303 e. The van der Waals surface area contributed by atoms with E-state index in [1.165, 1.54) is 0 Å². The highest BCUT2D eigenvalue weighted by molar-refractivity contribution is 5.49. The Bertz CT molecular complexity index is 123. The van der Waals surface area contributed by atoms with Gasteiger partial charge in [-0.15, -0.1) is 0 Å². The number of aldehydes is 2. The molecule has 0 aliphatic rings. The van der Waals surface area contributed by atoms with Crippen molar-refractivity contribution in [2.45, 2.75) is 38.5 Å². The van der Waals surface area contributed by atoms with Gasteiger partial charge in [-0.25, -0.2) is 0 Å². The third-order valence-electron chi connectivity index (χ3n) is 1.55. The number of hydrogen-bond donors (Lipinski definition) is 0. The molecule has 0 saturated heterocycles. The van der Waals surface area contributed by atoms with Crippen LogP contribution >= 0.6 is 0 Å². The Morgan fingerprint density at radius 2 is 1.08 bits per heavy atom. The number of carbonyl (C=O) groups excluding carboxylic acids is 2. The van der Waals surface area contributed by atoms with Gasteiger partial charge in [-0.2, -0.15) is 0 Å². The van der Waals surface area contributed by atoms with Crippen LogP contribution in [-0.2, 0) is 9.59 Å². The molecule has 2 heteroatoms. The Morgan fingerprint density at radius 1 is 0.667 bits per heavy atom. The SMILES string of the molecule is O=CCCC/C=C\CCCC=O. The summed E-state index contributed by atoms with van der Waals surface area (Å²) in [5.41, 5.74) is 0. The van der Waals surface area contributed by atoms with Crippen molar-refractivity contribution in [3.8, 4) is 0 Å². The van der Waals surface area contributed by atoms with Gasteiger partial charge in [0.15, 0.2) is 0 Å². The van der Waals surface area contributed by atoms with Crippen molar-refractivity contribution in [1.29, 1.82) is 0 Å². The van der Waals surface area contributed by atoms with Gasteiger partial charge in [0, 0.05) is 12.8 Å². The van der Waals surface area contributed by atoms with Crippen molar-refractivity contribution >= 4 is 12.6 Å². The van der Waals surface area contributed by atoms with Crippen LogP contribution in [0.4, 0.5) is 0 Å². The lowest BCUT2D eigenvalue weighted by Gasteiger charge is -1.88. The first-order valence-electron chi connectivity index (χ1n) is 4.44. The Hall–Kier alpha value is -0.920. The Morgan fingerprint density at radius 3 is 1.42 bits per heavy atom. The van der Waals surface area contributed by atoms with Crippen LogP contribution in [0.25, 0.3) is 0 Å². The van der Waals surface area contributed by atoms with Crippen molar-refractivity contribution in [2.24, 2.45) is 0 Å². The second-order valence-corrected chi connectivity index (χ2v) is 2.67. The van der Waals surface area contributed by atoms with Crippen molar-refractivity contribution in [3.63, 3.8) is 0 Å². The molecule has 68 valence electrons. The van der Waals surface area contributed by atoms with Crippen LogP contribution in [-0.4, -0.2) is 12.6 Å². The summed E-state index contributed by atoms with van der Waals surface area (Å²) in [4.78, 5) is 19.8. The first kappa shape index (κ1) is 11.1. The molecule has 0 N–H and O–H groups in total. The van der Waals surface area contributed by atoms with Crippen molar-refractivity contribution < 1.29 is 9.59 Å². The smallest absolute Gasteiger partial charge is 0.120 e. The van der Waals surface area contributed by atoms with E-state index in [-0.39, 0.29) is 0 Å². The minimum atomic E-state index is 0.651. The second kappa shape index (κ2) is 10.1. The third kappa shape index (κ3) is 9.08. The van der Waals surface area contributed by atoms with Gasteiger partial charge in [0.05, 0.1) is 0 Å². The van der Waals surface area contributed by atoms with E-state index in [0.717, 1.165) is 38.3 Å². The average molecular weight is 168 g/mol. The molecule has 0 rings (SSSR count). The van der Waals surface area contributed by atoms with Gasteiger partial charge in [0.1, 0.15) is 12.6 Å². The maximum atomic E-state index is 9.92. The molecule has 2 nitrogen and oxygen atoms in total. The molecule has 0 fully saturated rings. The largest absolute Gasteiger partial charge is 0.303 e. The second-order valence-electron chi connectivity index (χ2n) is 2.67. The molecule has 0 heterocycles. The Labute approximate surface area is 73.7 Å². The number of rotatable bonds is 8. The van der Waals surface area contributed by atoms with Crippen molar-refractivity contribution in [2.75, 3.05) is 0 Å². The summed E-state index contributed by atoms with van der Waals surface area (Å²) in [5.74, 6) is 0. The van der Waals surface area contributed by atoms with E-state index < -0.39 is 0 Å². The zero-order chi connectivity index (χ0) is 9.07. The van der Waals surface area contributed by atoms with E-state index in [4.69, 9.17) is 0 Å². The van der Waals surface area contributed by atoms with Gasteiger partial charge in [0.25, 0.3) is 0 Å². The molecule has 0 aromatic rings. The zero-order valence-corrected chi connectivity index (χ0v) is 7.37. The molecule has 0 bridgehead atoms. The van der Waals surface area contributed by atoms with Crippen molar-refractivity contribution in [3.05, 3.63) is 12.2 Å². The molecule has 0 unspecified atom stereocenters. The van der Waals surface area contributed by atoms with Gasteiger partial charge in [-0.1, -0.05) is 12.2 Å². The topological polar surface area (TPSA) is 34.1 Å². The van der Waals surface area contributed by atoms with Crippen LogP contribution in [0.15, 0.2) is 12.2 Å². The molecular weight excluding hydrogens is 152 g/mol. The molecule has 0 radical (unpaired) electrons. The third-order valence-corrected chi connectivity index (χ3v) is 1.55. The van der Waals surface area contributed by atoms with E-state index >= 15 is 0 Å². The maximum absolute atomic E-state index is 9.92. The zero-order valence-electron chi connectivity index (χ0n) is 7.37. The molecule has 0 aliphatic heterocycles. The van der Waals surface area contributed by atoms with Crippen LogP contribution in [0.1, 0.15) is 38.5 Å². The van der Waals surface area contributed by atoms with E-state index in [1.807, 2.05) is 0 Å². The van der Waals surface area contributed by atoms with Gasteiger partial charge in [0.2, 0.25) is 0 Å².